The number of nitrogens with two attached hydrogens (primary N) is 1. The Labute approximate surface area is 318 Å². The normalized spacial score (nSPS) is 20.5. The van der Waals surface area contributed by atoms with Crippen molar-refractivity contribution in [2.45, 2.75) is 149 Å². The van der Waals surface area contributed by atoms with Crippen molar-refractivity contribution in [2.75, 3.05) is 13.1 Å². The highest BCUT2D eigenvalue weighted by Crippen LogP contribution is 2.23. The largest absolute Gasteiger partial charge is 0.481 e. The van der Waals surface area contributed by atoms with Crippen LogP contribution in [0.2, 0.25) is 0 Å². The van der Waals surface area contributed by atoms with Crippen LogP contribution in [0, 0.1) is 23.7 Å². The highest BCUT2D eigenvalue weighted by molar-refractivity contribution is 5.97. The molecule has 0 aromatic rings. The zero-order valence-corrected chi connectivity index (χ0v) is 33.1. The molecule has 17 heteroatoms. The van der Waals surface area contributed by atoms with Gasteiger partial charge in [-0.05, 0) is 62.2 Å². The Bertz CT molecular complexity index is 1370. The van der Waals surface area contributed by atoms with E-state index in [4.69, 9.17) is 10.8 Å². The third kappa shape index (κ3) is 12.9. The van der Waals surface area contributed by atoms with Gasteiger partial charge in [0, 0.05) is 13.1 Å². The van der Waals surface area contributed by atoms with E-state index in [2.05, 4.69) is 21.3 Å². The summed E-state index contributed by atoms with van der Waals surface area (Å²) in [6.45, 7) is 15.2. The molecule has 306 valence electrons. The second-order valence-corrected chi connectivity index (χ2v) is 15.9. The Balaban J connectivity index is 2.23. The number of amides is 6. The van der Waals surface area contributed by atoms with Crippen molar-refractivity contribution in [3.8, 4) is 0 Å². The van der Waals surface area contributed by atoms with E-state index in [-0.39, 0.29) is 43.0 Å². The molecule has 17 nitrogen and oxygen atoms in total. The molecule has 8 atom stereocenters. The molecule has 0 aliphatic carbocycles. The maximum absolute atomic E-state index is 14.1. The third-order valence-electron chi connectivity index (χ3n) is 10.1. The van der Waals surface area contributed by atoms with Gasteiger partial charge in [0.05, 0.1) is 12.5 Å². The summed E-state index contributed by atoms with van der Waals surface area (Å²) >= 11 is 0. The molecule has 2 aliphatic heterocycles. The molecule has 2 fully saturated rings. The zero-order chi connectivity index (χ0) is 41.0. The van der Waals surface area contributed by atoms with E-state index in [0.29, 0.717) is 38.6 Å². The fourth-order valence-corrected chi connectivity index (χ4v) is 6.93. The van der Waals surface area contributed by atoms with E-state index < -0.39 is 96.1 Å². The number of likely N-dealkylation sites (tertiary alicyclic amines) is 2. The Morgan fingerprint density at radius 2 is 1.19 bits per heavy atom. The summed E-state index contributed by atoms with van der Waals surface area (Å²) in [7, 11) is 0. The number of hydrogen-bond acceptors (Lipinski definition) is 9. The maximum atomic E-state index is 14.1. The summed E-state index contributed by atoms with van der Waals surface area (Å²) in [5.41, 5.74) is 6.17. The van der Waals surface area contributed by atoms with Gasteiger partial charge < -0.3 is 47.0 Å². The van der Waals surface area contributed by atoms with Gasteiger partial charge in [-0.15, -0.1) is 0 Å². The van der Waals surface area contributed by atoms with Gasteiger partial charge in [-0.25, -0.2) is 4.79 Å². The number of carbonyl (C=O) groups excluding carboxylic acids is 6. The van der Waals surface area contributed by atoms with Crippen molar-refractivity contribution < 1.29 is 48.6 Å². The van der Waals surface area contributed by atoms with E-state index >= 15 is 0 Å². The van der Waals surface area contributed by atoms with Crippen LogP contribution in [0.4, 0.5) is 0 Å². The van der Waals surface area contributed by atoms with Crippen LogP contribution in [-0.4, -0.2) is 123 Å². The summed E-state index contributed by atoms with van der Waals surface area (Å²) in [6, 6.07) is -7.54. The van der Waals surface area contributed by atoms with Crippen LogP contribution in [0.5, 0.6) is 0 Å². The molecule has 0 saturated carbocycles. The van der Waals surface area contributed by atoms with Gasteiger partial charge in [-0.3, -0.25) is 33.6 Å². The predicted octanol–water partition coefficient (Wildman–Crippen LogP) is 0.589. The molecule has 2 aliphatic rings. The Kier molecular flexibility index (Phi) is 17.8. The second-order valence-electron chi connectivity index (χ2n) is 15.9. The number of carbonyl (C=O) groups is 8. The first kappa shape index (κ1) is 45.9. The maximum Gasteiger partial charge on any atom is 0.326 e. The summed E-state index contributed by atoms with van der Waals surface area (Å²) in [6.07, 6.45) is 2.03. The Hall–Kier alpha value is -4.28. The lowest BCUT2D eigenvalue weighted by atomic mass is 9.95. The standard InChI is InChI=1S/C37H63N7O10/c1-9-22(8)30(42-33(49)27-13-10-14-43(27)35(51)23(38)16-19(2)3)34(50)41-29(21(6)7)36(52)44-15-11-12-26(44)32(48)39-24(17-20(4)5)31(47)40-25(37(53)54)18-28(45)46/h19-27,29-30H,9-18,38H2,1-8H3,(H,39,48)(H,40,47)(H,41,50)(H,42,49)(H,45,46)(H,53,54)/t22-,23-,24-,25-,26-,27-,29-,30-/m0/s1. The topological polar surface area (TPSA) is 258 Å². The molecule has 0 radical (unpaired) electrons. The fourth-order valence-electron chi connectivity index (χ4n) is 6.93. The molecule has 8 N–H and O–H groups in total. The first-order valence-electron chi connectivity index (χ1n) is 19.2. The second kappa shape index (κ2) is 21.0. The number of carboxylic acids is 2. The number of hydrogen-bond donors (Lipinski definition) is 7. The van der Waals surface area contributed by atoms with Crippen LogP contribution in [0.25, 0.3) is 0 Å². The quantitative estimate of drug-likeness (QED) is 0.0903. The average Bonchev–Trinajstić information content (AvgIpc) is 3.78. The van der Waals surface area contributed by atoms with Gasteiger partial charge in [0.15, 0.2) is 0 Å². The Morgan fingerprint density at radius 1 is 0.667 bits per heavy atom. The highest BCUT2D eigenvalue weighted by Gasteiger charge is 2.42. The molecule has 0 unspecified atom stereocenters. The molecule has 0 aromatic carbocycles. The van der Waals surface area contributed by atoms with Gasteiger partial charge in [0.2, 0.25) is 35.4 Å². The SMILES string of the molecule is CC[C@H](C)[C@H](NC(=O)[C@@H]1CCCN1C(=O)[C@@H](N)CC(C)C)C(=O)N[C@H](C(=O)N1CCC[C@H]1C(=O)N[C@@H](CC(C)C)C(=O)N[C@@H](CC(=O)O)C(=O)O)C(C)C. The lowest BCUT2D eigenvalue weighted by molar-refractivity contribution is -0.147. The van der Waals surface area contributed by atoms with E-state index in [1.165, 1.54) is 9.80 Å². The van der Waals surface area contributed by atoms with Gasteiger partial charge in [-0.2, -0.15) is 0 Å². The minimum absolute atomic E-state index is 0.114. The van der Waals surface area contributed by atoms with E-state index in [9.17, 15) is 43.5 Å². The molecular weight excluding hydrogens is 702 g/mol. The molecule has 2 rings (SSSR count). The van der Waals surface area contributed by atoms with Crippen molar-refractivity contribution >= 4 is 47.4 Å². The van der Waals surface area contributed by atoms with Gasteiger partial charge in [0.1, 0.15) is 36.3 Å². The van der Waals surface area contributed by atoms with Gasteiger partial charge >= 0.3 is 11.9 Å². The number of carboxylic acid groups (broad SMARTS) is 2. The molecule has 0 aromatic heterocycles. The van der Waals surface area contributed by atoms with E-state index in [1.54, 1.807) is 34.6 Å². The number of aliphatic carboxylic acids is 2. The minimum atomic E-state index is -1.71. The van der Waals surface area contributed by atoms with E-state index in [0.717, 1.165) is 0 Å². The fraction of sp³-hybridized carbons (Fsp3) is 0.784. The van der Waals surface area contributed by atoms with Crippen LogP contribution in [0.15, 0.2) is 0 Å². The molecular formula is C37H63N7O10. The smallest absolute Gasteiger partial charge is 0.326 e. The van der Waals surface area contributed by atoms with Crippen LogP contribution < -0.4 is 27.0 Å². The molecule has 6 amide bonds. The Morgan fingerprint density at radius 3 is 1.65 bits per heavy atom. The van der Waals surface area contributed by atoms with Crippen molar-refractivity contribution in [3.63, 3.8) is 0 Å². The molecule has 54 heavy (non-hydrogen) atoms. The van der Waals surface area contributed by atoms with Gasteiger partial charge in [-0.1, -0.05) is 61.8 Å². The van der Waals surface area contributed by atoms with Gasteiger partial charge in [0.25, 0.3) is 0 Å². The van der Waals surface area contributed by atoms with Crippen molar-refractivity contribution in [1.29, 1.82) is 0 Å². The van der Waals surface area contributed by atoms with E-state index in [1.807, 2.05) is 20.8 Å². The summed E-state index contributed by atoms with van der Waals surface area (Å²) in [5.74, 6) is -7.05. The van der Waals surface area contributed by atoms with Crippen LogP contribution in [0.3, 0.4) is 0 Å². The van der Waals surface area contributed by atoms with Crippen LogP contribution >= 0.6 is 0 Å². The van der Waals surface area contributed by atoms with Crippen molar-refractivity contribution in [1.82, 2.24) is 31.1 Å². The lowest BCUT2D eigenvalue weighted by Gasteiger charge is -2.33. The molecule has 2 heterocycles. The molecule has 0 spiro atoms. The monoisotopic (exact) mass is 765 g/mol. The number of nitrogens with zero attached hydrogens (tertiary/aromatic N) is 2. The van der Waals surface area contributed by atoms with Crippen molar-refractivity contribution in [3.05, 3.63) is 0 Å². The number of rotatable bonds is 20. The average molecular weight is 766 g/mol. The summed E-state index contributed by atoms with van der Waals surface area (Å²) in [5, 5.41) is 29.0. The number of nitrogens with one attached hydrogen (secondary N) is 4. The first-order chi connectivity index (χ1) is 25.2. The molecule has 0 bridgehead atoms. The predicted molar refractivity (Wildman–Crippen MR) is 198 cm³/mol. The van der Waals surface area contributed by atoms with Crippen molar-refractivity contribution in [2.24, 2.45) is 29.4 Å². The third-order valence-corrected chi connectivity index (χ3v) is 10.1. The highest BCUT2D eigenvalue weighted by atomic mass is 16.4. The minimum Gasteiger partial charge on any atom is -0.481 e. The summed E-state index contributed by atoms with van der Waals surface area (Å²) in [4.78, 5) is 107. The summed E-state index contributed by atoms with van der Waals surface area (Å²) < 4.78 is 0. The van der Waals surface area contributed by atoms with Crippen LogP contribution in [-0.2, 0) is 38.4 Å². The lowest BCUT2D eigenvalue weighted by Crippen LogP contribution is -2.61. The van der Waals surface area contributed by atoms with Crippen LogP contribution in [0.1, 0.15) is 107 Å². The first-order valence-corrected chi connectivity index (χ1v) is 19.2. The zero-order valence-electron chi connectivity index (χ0n) is 33.1. The molecule has 2 saturated heterocycles.